The minimum Gasteiger partial charge on any atom is -0.388 e. The van der Waals surface area contributed by atoms with Crippen LogP contribution in [0.3, 0.4) is 0 Å². The topological polar surface area (TPSA) is 12.0 Å². The summed E-state index contributed by atoms with van der Waals surface area (Å²) in [6.07, 6.45) is 2.41. The maximum Gasteiger partial charge on any atom is 0.0147 e. The highest BCUT2D eigenvalue weighted by atomic mass is 14.9. The molecule has 1 aromatic rings. The summed E-state index contributed by atoms with van der Waals surface area (Å²) in [5.41, 5.74) is 5.61. The molecule has 2 rings (SSSR count). The molecule has 0 atom stereocenters. The van der Waals surface area contributed by atoms with Gasteiger partial charge in [0.25, 0.3) is 0 Å². The van der Waals surface area contributed by atoms with Crippen LogP contribution in [0.4, 0.5) is 0 Å². The molecule has 1 aliphatic heterocycles. The van der Waals surface area contributed by atoms with E-state index in [9.17, 15) is 0 Å². The van der Waals surface area contributed by atoms with Gasteiger partial charge in [-0.15, -0.1) is 0 Å². The molecule has 1 nitrogen and oxygen atoms in total. The average Bonchev–Trinajstić information content (AvgIpc) is 2.22. The molecule has 1 aliphatic rings. The highest BCUT2D eigenvalue weighted by molar-refractivity contribution is 5.69. The molecule has 0 saturated carbocycles. The third-order valence-electron chi connectivity index (χ3n) is 3.00. The van der Waals surface area contributed by atoms with Crippen molar-refractivity contribution in [2.24, 2.45) is 0 Å². The molecule has 0 unspecified atom stereocenters. The lowest BCUT2D eigenvalue weighted by atomic mass is 9.95. The van der Waals surface area contributed by atoms with Crippen LogP contribution < -0.4 is 5.32 Å². The number of allylic oxidation sites excluding steroid dienone is 2. The molecule has 0 amide bonds. The van der Waals surface area contributed by atoms with Crippen molar-refractivity contribution in [1.82, 2.24) is 5.32 Å². The predicted octanol–water partition coefficient (Wildman–Crippen LogP) is 2.97. The summed E-state index contributed by atoms with van der Waals surface area (Å²) in [6, 6.07) is 8.73. The molecule has 74 valence electrons. The molecule has 0 bridgehead atoms. The Bertz CT molecular complexity index is 363. The van der Waals surface area contributed by atoms with Crippen LogP contribution in [0.2, 0.25) is 0 Å². The fourth-order valence-electron chi connectivity index (χ4n) is 1.99. The SMILES string of the molecule is C/C1=C(\C)c2ccccc2CCCN1. The zero-order chi connectivity index (χ0) is 9.97. The number of benzene rings is 1. The molecular formula is C13H17N. The van der Waals surface area contributed by atoms with E-state index in [-0.39, 0.29) is 0 Å². The van der Waals surface area contributed by atoms with Gasteiger partial charge in [0.15, 0.2) is 0 Å². The van der Waals surface area contributed by atoms with Crippen molar-refractivity contribution in [2.75, 3.05) is 6.54 Å². The number of nitrogens with one attached hydrogen (secondary N) is 1. The van der Waals surface area contributed by atoms with E-state index in [1.807, 2.05) is 0 Å². The summed E-state index contributed by atoms with van der Waals surface area (Å²) in [6.45, 7) is 5.46. The third-order valence-corrected chi connectivity index (χ3v) is 3.00. The Morgan fingerprint density at radius 1 is 1.14 bits per heavy atom. The first-order chi connectivity index (χ1) is 6.79. The fraction of sp³-hybridized carbons (Fsp3) is 0.385. The summed E-state index contributed by atoms with van der Waals surface area (Å²) < 4.78 is 0. The molecule has 0 aromatic heterocycles. The van der Waals surface area contributed by atoms with E-state index < -0.39 is 0 Å². The van der Waals surface area contributed by atoms with E-state index in [2.05, 4.69) is 43.4 Å². The summed E-state index contributed by atoms with van der Waals surface area (Å²) >= 11 is 0. The van der Waals surface area contributed by atoms with Crippen molar-refractivity contribution in [3.8, 4) is 0 Å². The standard InChI is InChI=1S/C13H17N/c1-10-11(2)14-9-5-7-12-6-3-4-8-13(10)12/h3-4,6,8,14H,5,7,9H2,1-2H3/b11-10-. The average molecular weight is 187 g/mol. The van der Waals surface area contributed by atoms with Gasteiger partial charge in [-0.3, -0.25) is 0 Å². The van der Waals surface area contributed by atoms with Gasteiger partial charge in [-0.1, -0.05) is 24.3 Å². The van der Waals surface area contributed by atoms with Crippen molar-refractivity contribution in [2.45, 2.75) is 26.7 Å². The van der Waals surface area contributed by atoms with Gasteiger partial charge in [0, 0.05) is 12.2 Å². The molecule has 0 fully saturated rings. The Morgan fingerprint density at radius 3 is 2.79 bits per heavy atom. The normalized spacial score (nSPS) is 21.9. The van der Waals surface area contributed by atoms with Crippen molar-refractivity contribution < 1.29 is 0 Å². The van der Waals surface area contributed by atoms with Crippen LogP contribution in [0.25, 0.3) is 5.57 Å². The van der Waals surface area contributed by atoms with Crippen molar-refractivity contribution in [3.63, 3.8) is 0 Å². The molecule has 0 radical (unpaired) electrons. The first-order valence-electron chi connectivity index (χ1n) is 5.28. The van der Waals surface area contributed by atoms with Gasteiger partial charge < -0.3 is 5.32 Å². The first-order valence-corrected chi connectivity index (χ1v) is 5.28. The Hall–Kier alpha value is -1.24. The molecule has 1 heterocycles. The molecule has 0 spiro atoms. The largest absolute Gasteiger partial charge is 0.388 e. The van der Waals surface area contributed by atoms with E-state index in [4.69, 9.17) is 0 Å². The Morgan fingerprint density at radius 2 is 1.93 bits per heavy atom. The van der Waals surface area contributed by atoms with Gasteiger partial charge >= 0.3 is 0 Å². The molecule has 1 heteroatoms. The number of hydrogen-bond donors (Lipinski definition) is 1. The number of fused-ring (bicyclic) bond motifs is 1. The number of aryl methyl sites for hydroxylation is 1. The van der Waals surface area contributed by atoms with Crippen LogP contribution in [0.1, 0.15) is 31.4 Å². The van der Waals surface area contributed by atoms with Crippen LogP contribution in [0.15, 0.2) is 30.0 Å². The molecule has 14 heavy (non-hydrogen) atoms. The Balaban J connectivity index is 2.51. The van der Waals surface area contributed by atoms with E-state index >= 15 is 0 Å². The second-order valence-electron chi connectivity index (χ2n) is 3.94. The van der Waals surface area contributed by atoms with E-state index in [1.165, 1.54) is 35.2 Å². The molecule has 1 N–H and O–H groups in total. The molecule has 0 saturated heterocycles. The van der Waals surface area contributed by atoms with Gasteiger partial charge in [-0.2, -0.15) is 0 Å². The van der Waals surface area contributed by atoms with Gasteiger partial charge in [-0.25, -0.2) is 0 Å². The van der Waals surface area contributed by atoms with Gasteiger partial charge in [-0.05, 0) is 43.4 Å². The maximum absolute atomic E-state index is 3.45. The third kappa shape index (κ3) is 1.67. The highest BCUT2D eigenvalue weighted by Gasteiger charge is 2.08. The van der Waals surface area contributed by atoms with E-state index in [0.29, 0.717) is 0 Å². The molecular weight excluding hydrogens is 170 g/mol. The summed E-state index contributed by atoms with van der Waals surface area (Å²) in [5.74, 6) is 0. The van der Waals surface area contributed by atoms with Crippen molar-refractivity contribution in [1.29, 1.82) is 0 Å². The maximum atomic E-state index is 3.45. The van der Waals surface area contributed by atoms with Gasteiger partial charge in [0.1, 0.15) is 0 Å². The second-order valence-corrected chi connectivity index (χ2v) is 3.94. The first kappa shape index (κ1) is 9.32. The monoisotopic (exact) mass is 187 g/mol. The Kier molecular flexibility index (Phi) is 2.58. The second kappa shape index (κ2) is 3.87. The van der Waals surface area contributed by atoms with Crippen LogP contribution in [-0.2, 0) is 6.42 Å². The van der Waals surface area contributed by atoms with Gasteiger partial charge in [0.2, 0.25) is 0 Å². The lowest BCUT2D eigenvalue weighted by Gasteiger charge is -2.18. The van der Waals surface area contributed by atoms with E-state index in [0.717, 1.165) is 6.54 Å². The molecule has 0 aliphatic carbocycles. The smallest absolute Gasteiger partial charge is 0.0147 e. The highest BCUT2D eigenvalue weighted by Crippen LogP contribution is 2.23. The zero-order valence-corrected chi connectivity index (χ0v) is 8.93. The quantitative estimate of drug-likeness (QED) is 0.658. The zero-order valence-electron chi connectivity index (χ0n) is 8.93. The van der Waals surface area contributed by atoms with Crippen LogP contribution >= 0.6 is 0 Å². The number of rotatable bonds is 0. The van der Waals surface area contributed by atoms with Crippen molar-refractivity contribution >= 4 is 5.57 Å². The van der Waals surface area contributed by atoms with Gasteiger partial charge in [0.05, 0.1) is 0 Å². The summed E-state index contributed by atoms with van der Waals surface area (Å²) in [4.78, 5) is 0. The summed E-state index contributed by atoms with van der Waals surface area (Å²) in [7, 11) is 0. The fourth-order valence-corrected chi connectivity index (χ4v) is 1.99. The Labute approximate surface area is 85.8 Å². The lowest BCUT2D eigenvalue weighted by molar-refractivity contribution is 0.717. The van der Waals surface area contributed by atoms with Crippen molar-refractivity contribution in [3.05, 3.63) is 41.1 Å². The van der Waals surface area contributed by atoms with E-state index in [1.54, 1.807) is 0 Å². The number of hydrogen-bond acceptors (Lipinski definition) is 1. The summed E-state index contributed by atoms with van der Waals surface area (Å²) in [5, 5.41) is 3.45. The molecule has 1 aromatic carbocycles. The van der Waals surface area contributed by atoms with Crippen LogP contribution in [0.5, 0.6) is 0 Å². The minimum absolute atomic E-state index is 1.09. The predicted molar refractivity (Wildman–Crippen MR) is 61.0 cm³/mol. The lowest BCUT2D eigenvalue weighted by Crippen LogP contribution is -2.17. The minimum atomic E-state index is 1.09. The van der Waals surface area contributed by atoms with Crippen LogP contribution in [0, 0.1) is 0 Å². The van der Waals surface area contributed by atoms with Crippen LogP contribution in [-0.4, -0.2) is 6.54 Å².